The minimum absolute atomic E-state index is 0.0645. The van der Waals surface area contributed by atoms with Crippen LogP contribution < -0.4 is 4.74 Å². The second kappa shape index (κ2) is 6.42. The van der Waals surface area contributed by atoms with Crippen LogP contribution in [0.2, 0.25) is 0 Å². The van der Waals surface area contributed by atoms with Gasteiger partial charge >= 0.3 is 6.18 Å². The first-order valence-corrected chi connectivity index (χ1v) is 5.75. The van der Waals surface area contributed by atoms with E-state index < -0.39 is 11.7 Å². The number of hydrogen-bond acceptors (Lipinski definition) is 2. The van der Waals surface area contributed by atoms with Crippen molar-refractivity contribution in [2.45, 2.75) is 32.4 Å². The van der Waals surface area contributed by atoms with Gasteiger partial charge in [-0.05, 0) is 24.6 Å². The number of ether oxygens (including phenoxy) is 1. The monoisotopic (exact) mass is 260 g/mol. The Morgan fingerprint density at radius 2 is 2.06 bits per heavy atom. The molecule has 0 N–H and O–H groups in total. The molecular weight excluding hydrogens is 245 g/mol. The molecule has 1 aromatic carbocycles. The number of alkyl halides is 3. The lowest BCUT2D eigenvalue weighted by Gasteiger charge is -2.09. The molecule has 0 saturated heterocycles. The molecule has 0 saturated carbocycles. The molecule has 0 bridgehead atoms. The summed E-state index contributed by atoms with van der Waals surface area (Å²) in [7, 11) is 0. The Kier molecular flexibility index (Phi) is 5.19. The van der Waals surface area contributed by atoms with Crippen molar-refractivity contribution in [3.05, 3.63) is 29.8 Å². The molecule has 18 heavy (non-hydrogen) atoms. The third kappa shape index (κ3) is 4.77. The van der Waals surface area contributed by atoms with Crippen molar-refractivity contribution in [2.24, 2.45) is 0 Å². The lowest BCUT2D eigenvalue weighted by atomic mass is 10.2. The maximum Gasteiger partial charge on any atom is 0.416 e. The second-order valence-corrected chi connectivity index (χ2v) is 3.96. The number of halogens is 3. The van der Waals surface area contributed by atoms with Crippen molar-refractivity contribution in [3.8, 4) is 5.75 Å². The lowest BCUT2D eigenvalue weighted by Crippen LogP contribution is -2.11. The van der Waals surface area contributed by atoms with Crippen molar-refractivity contribution in [3.63, 3.8) is 0 Å². The molecule has 1 rings (SSSR count). The molecule has 0 radical (unpaired) electrons. The molecule has 0 spiro atoms. The number of ketones is 1. The highest BCUT2D eigenvalue weighted by Gasteiger charge is 2.30. The van der Waals surface area contributed by atoms with E-state index in [2.05, 4.69) is 0 Å². The minimum atomic E-state index is -4.40. The first kappa shape index (κ1) is 14.5. The first-order valence-electron chi connectivity index (χ1n) is 5.75. The topological polar surface area (TPSA) is 26.3 Å². The van der Waals surface area contributed by atoms with Crippen molar-refractivity contribution in [1.82, 2.24) is 0 Å². The van der Waals surface area contributed by atoms with E-state index in [9.17, 15) is 18.0 Å². The molecule has 0 fully saturated rings. The van der Waals surface area contributed by atoms with Gasteiger partial charge in [0.15, 0.2) is 5.78 Å². The summed E-state index contributed by atoms with van der Waals surface area (Å²) < 4.78 is 42.3. The highest BCUT2D eigenvalue weighted by molar-refractivity contribution is 5.79. The van der Waals surface area contributed by atoms with Gasteiger partial charge < -0.3 is 4.74 Å². The number of Topliss-reactive ketones (excluding diaryl/α,β-unsaturated/α-hetero) is 1. The average Bonchev–Trinajstić information content (AvgIpc) is 2.33. The zero-order valence-corrected chi connectivity index (χ0v) is 10.1. The van der Waals surface area contributed by atoms with Gasteiger partial charge in [-0.1, -0.05) is 19.4 Å². The fourth-order valence-electron chi connectivity index (χ4n) is 1.37. The van der Waals surface area contributed by atoms with Crippen LogP contribution in [0.25, 0.3) is 0 Å². The van der Waals surface area contributed by atoms with Crippen LogP contribution in [0.3, 0.4) is 0 Å². The summed E-state index contributed by atoms with van der Waals surface area (Å²) in [5.74, 6) is -0.0380. The van der Waals surface area contributed by atoms with Gasteiger partial charge in [-0.25, -0.2) is 0 Å². The fraction of sp³-hybridized carbons (Fsp3) is 0.462. The molecule has 0 amide bonds. The Morgan fingerprint density at radius 3 is 2.67 bits per heavy atom. The van der Waals surface area contributed by atoms with Gasteiger partial charge in [0.25, 0.3) is 0 Å². The summed E-state index contributed by atoms with van der Waals surface area (Å²) in [6.45, 7) is 1.78. The van der Waals surface area contributed by atoms with E-state index in [-0.39, 0.29) is 18.1 Å². The molecule has 0 aliphatic carbocycles. The molecular formula is C13H15F3O2. The van der Waals surface area contributed by atoms with Gasteiger partial charge in [0.2, 0.25) is 0 Å². The molecule has 1 aromatic rings. The van der Waals surface area contributed by atoms with Crippen LogP contribution in [-0.2, 0) is 11.0 Å². The number of benzene rings is 1. The summed E-state index contributed by atoms with van der Waals surface area (Å²) >= 11 is 0. The fourth-order valence-corrected chi connectivity index (χ4v) is 1.37. The smallest absolute Gasteiger partial charge is 0.416 e. The predicted octanol–water partition coefficient (Wildman–Crippen LogP) is 3.84. The number of carbonyl (C=O) groups excluding carboxylic acids is 1. The van der Waals surface area contributed by atoms with Crippen LogP contribution in [0.4, 0.5) is 13.2 Å². The number of rotatable bonds is 6. The molecule has 0 atom stereocenters. The van der Waals surface area contributed by atoms with Crippen molar-refractivity contribution >= 4 is 5.78 Å². The zero-order valence-electron chi connectivity index (χ0n) is 10.1. The molecule has 5 heteroatoms. The van der Waals surface area contributed by atoms with E-state index in [4.69, 9.17) is 4.74 Å². The van der Waals surface area contributed by atoms with E-state index in [1.165, 1.54) is 12.1 Å². The quantitative estimate of drug-likeness (QED) is 0.776. The summed E-state index contributed by atoms with van der Waals surface area (Å²) in [6, 6.07) is 4.52. The first-order chi connectivity index (χ1) is 8.43. The van der Waals surface area contributed by atoms with E-state index in [0.29, 0.717) is 6.42 Å². The van der Waals surface area contributed by atoms with Crippen LogP contribution in [0, 0.1) is 0 Å². The standard InChI is InChI=1S/C13H15F3O2/c1-2-3-6-11(17)9-18-12-7-4-5-10(8-12)13(14,15)16/h4-5,7-8H,2-3,6,9H2,1H3. The molecule has 0 aliphatic rings. The van der Waals surface area contributed by atoms with Crippen LogP contribution in [0.5, 0.6) is 5.75 Å². The van der Waals surface area contributed by atoms with Gasteiger partial charge in [0.1, 0.15) is 12.4 Å². The summed E-state index contributed by atoms with van der Waals surface area (Å²) in [5.41, 5.74) is -0.777. The SMILES string of the molecule is CCCCC(=O)COc1cccc(C(F)(F)F)c1. The van der Waals surface area contributed by atoms with Crippen molar-refractivity contribution in [2.75, 3.05) is 6.61 Å². The lowest BCUT2D eigenvalue weighted by molar-refractivity contribution is -0.137. The normalized spacial score (nSPS) is 11.3. The average molecular weight is 260 g/mol. The maximum atomic E-state index is 12.4. The van der Waals surface area contributed by atoms with Gasteiger partial charge in [0, 0.05) is 6.42 Å². The van der Waals surface area contributed by atoms with Crippen molar-refractivity contribution < 1.29 is 22.7 Å². The van der Waals surface area contributed by atoms with Gasteiger partial charge in [-0.3, -0.25) is 4.79 Å². The second-order valence-electron chi connectivity index (χ2n) is 3.96. The molecule has 100 valence electrons. The van der Waals surface area contributed by atoms with E-state index in [1.807, 2.05) is 6.92 Å². The third-order valence-corrected chi connectivity index (χ3v) is 2.37. The molecule has 0 heterocycles. The van der Waals surface area contributed by atoms with Crippen LogP contribution in [0.1, 0.15) is 31.7 Å². The Hall–Kier alpha value is -1.52. The highest BCUT2D eigenvalue weighted by Crippen LogP contribution is 2.31. The van der Waals surface area contributed by atoms with E-state index in [0.717, 1.165) is 25.0 Å². The largest absolute Gasteiger partial charge is 0.486 e. The predicted molar refractivity (Wildman–Crippen MR) is 61.5 cm³/mol. The van der Waals surface area contributed by atoms with E-state index >= 15 is 0 Å². The minimum Gasteiger partial charge on any atom is -0.486 e. The molecule has 0 unspecified atom stereocenters. The molecule has 0 aliphatic heterocycles. The van der Waals surface area contributed by atoms with Gasteiger partial charge in [0.05, 0.1) is 5.56 Å². The van der Waals surface area contributed by atoms with Crippen molar-refractivity contribution in [1.29, 1.82) is 0 Å². The molecule has 0 aromatic heterocycles. The number of carbonyl (C=O) groups is 1. The van der Waals surface area contributed by atoms with Crippen LogP contribution in [-0.4, -0.2) is 12.4 Å². The Labute approximate surface area is 104 Å². The van der Waals surface area contributed by atoms with Gasteiger partial charge in [-0.2, -0.15) is 13.2 Å². The maximum absolute atomic E-state index is 12.4. The molecule has 2 nitrogen and oxygen atoms in total. The van der Waals surface area contributed by atoms with Crippen LogP contribution in [0.15, 0.2) is 24.3 Å². The number of hydrogen-bond donors (Lipinski definition) is 0. The Morgan fingerprint density at radius 1 is 1.33 bits per heavy atom. The number of unbranched alkanes of at least 4 members (excludes halogenated alkanes) is 1. The Bertz CT molecular complexity index is 399. The summed E-state index contributed by atoms with van der Waals surface area (Å²) in [4.78, 5) is 11.3. The highest BCUT2D eigenvalue weighted by atomic mass is 19.4. The zero-order chi connectivity index (χ0) is 13.6. The Balaban J connectivity index is 2.55. The van der Waals surface area contributed by atoms with Crippen LogP contribution >= 0.6 is 0 Å². The van der Waals surface area contributed by atoms with E-state index in [1.54, 1.807) is 0 Å². The summed E-state index contributed by atoms with van der Waals surface area (Å²) in [5, 5.41) is 0. The third-order valence-electron chi connectivity index (χ3n) is 2.37. The van der Waals surface area contributed by atoms with Gasteiger partial charge in [-0.15, -0.1) is 0 Å². The summed E-state index contributed by atoms with van der Waals surface area (Å²) in [6.07, 6.45) is -2.33.